The molecule has 0 saturated carbocycles. The van der Waals surface area contributed by atoms with Crippen molar-refractivity contribution in [2.75, 3.05) is 7.11 Å². The minimum atomic E-state index is -0.487. The maximum Gasteiger partial charge on any atom is 0.336 e. The van der Waals surface area contributed by atoms with Crippen LogP contribution in [0, 0.1) is 0 Å². The first kappa shape index (κ1) is 22.0. The Labute approximate surface area is 188 Å². The van der Waals surface area contributed by atoms with Crippen LogP contribution in [0.15, 0.2) is 88.4 Å². The summed E-state index contributed by atoms with van der Waals surface area (Å²) < 4.78 is 11.2. The zero-order valence-electron chi connectivity index (χ0n) is 16.6. The van der Waals surface area contributed by atoms with E-state index in [0.717, 1.165) is 21.3 Å². The molecule has 0 fully saturated rings. The molecular weight excluding hydrogens is 460 g/mol. The molecular formula is C24H19BrN2O4. The Morgan fingerprint density at radius 3 is 2.29 bits per heavy atom. The predicted molar refractivity (Wildman–Crippen MR) is 123 cm³/mol. The SMILES string of the molecule is COc1ccc(/C=C/C(=O)Oc2ccc(/C=N/NC(=O)c3cccc(Br)c3)cc2)cc1. The molecule has 156 valence electrons. The van der Waals surface area contributed by atoms with E-state index in [1.54, 1.807) is 55.7 Å². The molecule has 0 aliphatic rings. The van der Waals surface area contributed by atoms with Crippen molar-refractivity contribution in [1.29, 1.82) is 0 Å². The van der Waals surface area contributed by atoms with Crippen molar-refractivity contribution in [3.8, 4) is 11.5 Å². The van der Waals surface area contributed by atoms with Crippen LogP contribution in [-0.2, 0) is 4.79 Å². The maximum absolute atomic E-state index is 12.0. The maximum atomic E-state index is 12.0. The standard InChI is InChI=1S/C24H19BrN2O4/c1-30-21-10-5-17(6-11-21)9-14-23(28)31-22-12-7-18(8-13-22)16-26-27-24(29)19-3-2-4-20(25)15-19/h2-16H,1H3,(H,27,29)/b14-9+,26-16+. The molecule has 0 atom stereocenters. The normalized spacial score (nSPS) is 10.9. The van der Waals surface area contributed by atoms with Crippen LogP contribution in [0.3, 0.4) is 0 Å². The molecule has 7 heteroatoms. The number of carbonyl (C=O) groups excluding carboxylic acids is 2. The van der Waals surface area contributed by atoms with Gasteiger partial charge < -0.3 is 9.47 Å². The summed E-state index contributed by atoms with van der Waals surface area (Å²) in [4.78, 5) is 24.0. The topological polar surface area (TPSA) is 77.0 Å². The Morgan fingerprint density at radius 2 is 1.61 bits per heavy atom. The number of halogens is 1. The summed E-state index contributed by atoms with van der Waals surface area (Å²) in [5.74, 6) is 0.348. The number of methoxy groups -OCH3 is 1. The van der Waals surface area contributed by atoms with E-state index in [0.29, 0.717) is 11.3 Å². The second-order valence-electron chi connectivity index (χ2n) is 6.31. The lowest BCUT2D eigenvalue weighted by Crippen LogP contribution is -2.17. The van der Waals surface area contributed by atoms with E-state index in [1.165, 1.54) is 12.3 Å². The highest BCUT2D eigenvalue weighted by Gasteiger charge is 2.04. The molecule has 0 heterocycles. The van der Waals surface area contributed by atoms with Crippen molar-refractivity contribution in [1.82, 2.24) is 5.43 Å². The molecule has 3 aromatic carbocycles. The number of rotatable bonds is 7. The minimum Gasteiger partial charge on any atom is -0.497 e. The van der Waals surface area contributed by atoms with Crippen LogP contribution in [0.5, 0.6) is 11.5 Å². The fourth-order valence-electron chi connectivity index (χ4n) is 2.51. The average Bonchev–Trinajstić information content (AvgIpc) is 2.79. The first-order chi connectivity index (χ1) is 15.0. The quantitative estimate of drug-likeness (QED) is 0.173. The number of nitrogens with one attached hydrogen (secondary N) is 1. The summed E-state index contributed by atoms with van der Waals surface area (Å²) in [5, 5.41) is 3.95. The van der Waals surface area contributed by atoms with E-state index in [-0.39, 0.29) is 5.91 Å². The Morgan fingerprint density at radius 1 is 0.935 bits per heavy atom. The van der Waals surface area contributed by atoms with Crippen molar-refractivity contribution in [3.63, 3.8) is 0 Å². The van der Waals surface area contributed by atoms with Crippen molar-refractivity contribution in [3.05, 3.63) is 100 Å². The van der Waals surface area contributed by atoms with E-state index >= 15 is 0 Å². The zero-order chi connectivity index (χ0) is 22.1. The molecule has 1 N–H and O–H groups in total. The third kappa shape index (κ3) is 6.94. The van der Waals surface area contributed by atoms with Crippen LogP contribution in [0.25, 0.3) is 6.08 Å². The first-order valence-electron chi connectivity index (χ1n) is 9.26. The molecule has 0 bridgehead atoms. The molecule has 0 radical (unpaired) electrons. The largest absolute Gasteiger partial charge is 0.497 e. The van der Waals surface area contributed by atoms with Crippen LogP contribution in [0.2, 0.25) is 0 Å². The molecule has 3 rings (SSSR count). The predicted octanol–water partition coefficient (Wildman–Crippen LogP) is 4.84. The minimum absolute atomic E-state index is 0.313. The lowest BCUT2D eigenvalue weighted by molar-refractivity contribution is -0.128. The van der Waals surface area contributed by atoms with Gasteiger partial charge in [0.15, 0.2) is 0 Å². The van der Waals surface area contributed by atoms with Crippen LogP contribution in [-0.4, -0.2) is 25.2 Å². The van der Waals surface area contributed by atoms with E-state index in [4.69, 9.17) is 9.47 Å². The Kier molecular flexibility index (Phi) is 7.73. The third-order valence-corrected chi connectivity index (χ3v) is 4.59. The molecule has 0 aliphatic carbocycles. The number of benzene rings is 3. The fraction of sp³-hybridized carbons (Fsp3) is 0.0417. The van der Waals surface area contributed by atoms with Gasteiger partial charge in [0.05, 0.1) is 13.3 Å². The number of nitrogens with zero attached hydrogens (tertiary/aromatic N) is 1. The Balaban J connectivity index is 1.51. The molecule has 3 aromatic rings. The Hall–Kier alpha value is -3.71. The van der Waals surface area contributed by atoms with Gasteiger partial charge in [0, 0.05) is 16.1 Å². The van der Waals surface area contributed by atoms with E-state index in [2.05, 4.69) is 26.5 Å². The van der Waals surface area contributed by atoms with Gasteiger partial charge in [-0.1, -0.05) is 34.1 Å². The van der Waals surface area contributed by atoms with Crippen LogP contribution < -0.4 is 14.9 Å². The number of ether oxygens (including phenoxy) is 2. The van der Waals surface area contributed by atoms with Crippen molar-refractivity contribution >= 4 is 40.1 Å². The molecule has 0 aromatic heterocycles. The van der Waals surface area contributed by atoms with Crippen LogP contribution in [0.1, 0.15) is 21.5 Å². The summed E-state index contributed by atoms with van der Waals surface area (Å²) in [6.45, 7) is 0. The van der Waals surface area contributed by atoms with Gasteiger partial charge in [0.25, 0.3) is 5.91 Å². The number of carbonyl (C=O) groups is 2. The summed E-state index contributed by atoms with van der Waals surface area (Å²) in [6.07, 6.45) is 4.52. The molecule has 31 heavy (non-hydrogen) atoms. The van der Waals surface area contributed by atoms with Gasteiger partial charge in [0.2, 0.25) is 0 Å². The number of esters is 1. The molecule has 6 nitrogen and oxygen atoms in total. The first-order valence-corrected chi connectivity index (χ1v) is 10.1. The lowest BCUT2D eigenvalue weighted by atomic mass is 10.2. The monoisotopic (exact) mass is 478 g/mol. The summed E-state index contributed by atoms with van der Waals surface area (Å²) in [7, 11) is 1.60. The number of amides is 1. The zero-order valence-corrected chi connectivity index (χ0v) is 18.2. The van der Waals surface area contributed by atoms with Gasteiger partial charge in [-0.15, -0.1) is 0 Å². The van der Waals surface area contributed by atoms with E-state index in [1.807, 2.05) is 30.3 Å². The molecule has 0 aliphatic heterocycles. The van der Waals surface area contributed by atoms with Crippen LogP contribution >= 0.6 is 15.9 Å². The molecule has 1 amide bonds. The second-order valence-corrected chi connectivity index (χ2v) is 7.22. The highest BCUT2D eigenvalue weighted by molar-refractivity contribution is 9.10. The lowest BCUT2D eigenvalue weighted by Gasteiger charge is -2.02. The van der Waals surface area contributed by atoms with Gasteiger partial charge in [0.1, 0.15) is 11.5 Å². The second kappa shape index (κ2) is 10.9. The number of hydrogen-bond donors (Lipinski definition) is 1. The van der Waals surface area contributed by atoms with E-state index < -0.39 is 5.97 Å². The summed E-state index contributed by atoms with van der Waals surface area (Å²) in [5.41, 5.74) is 4.56. The highest BCUT2D eigenvalue weighted by Crippen LogP contribution is 2.14. The molecule has 0 unspecified atom stereocenters. The van der Waals surface area contributed by atoms with Crippen LogP contribution in [0.4, 0.5) is 0 Å². The van der Waals surface area contributed by atoms with Crippen molar-refractivity contribution < 1.29 is 19.1 Å². The van der Waals surface area contributed by atoms with E-state index in [9.17, 15) is 9.59 Å². The van der Waals surface area contributed by atoms with Gasteiger partial charge >= 0.3 is 5.97 Å². The number of hydrazone groups is 1. The van der Waals surface area contributed by atoms with Gasteiger partial charge in [-0.3, -0.25) is 4.79 Å². The van der Waals surface area contributed by atoms with Crippen molar-refractivity contribution in [2.24, 2.45) is 5.10 Å². The van der Waals surface area contributed by atoms with Gasteiger partial charge in [-0.2, -0.15) is 5.10 Å². The molecule has 0 spiro atoms. The number of hydrogen-bond acceptors (Lipinski definition) is 5. The van der Waals surface area contributed by atoms with Gasteiger partial charge in [-0.05, 0) is 71.8 Å². The molecule has 0 saturated heterocycles. The fourth-order valence-corrected chi connectivity index (χ4v) is 2.91. The highest BCUT2D eigenvalue weighted by atomic mass is 79.9. The smallest absolute Gasteiger partial charge is 0.336 e. The van der Waals surface area contributed by atoms with Crippen molar-refractivity contribution in [2.45, 2.75) is 0 Å². The average molecular weight is 479 g/mol. The third-order valence-electron chi connectivity index (χ3n) is 4.09. The Bertz CT molecular complexity index is 1110. The van der Waals surface area contributed by atoms with Gasteiger partial charge in [-0.25, -0.2) is 10.2 Å². The summed E-state index contributed by atoms with van der Waals surface area (Å²) >= 11 is 3.32. The summed E-state index contributed by atoms with van der Waals surface area (Å²) in [6, 6.07) is 21.1.